The average Bonchev–Trinajstić information content (AvgIpc) is 2.93. The van der Waals surface area contributed by atoms with E-state index in [4.69, 9.17) is 10.2 Å². The van der Waals surface area contributed by atoms with Crippen LogP contribution in [-0.2, 0) is 10.5 Å². The van der Waals surface area contributed by atoms with Crippen molar-refractivity contribution in [3.8, 4) is 0 Å². The van der Waals surface area contributed by atoms with Crippen molar-refractivity contribution in [1.29, 1.82) is 0 Å². The molecule has 7 nitrogen and oxygen atoms in total. The number of hydrogen-bond acceptors (Lipinski definition) is 8. The monoisotopic (exact) mass is 426 g/mol. The van der Waals surface area contributed by atoms with Gasteiger partial charge in [0, 0.05) is 40.8 Å². The maximum Gasteiger partial charge on any atom is 0.336 e. The fourth-order valence-electron chi connectivity index (χ4n) is 3.10. The Hall–Kier alpha value is -2.91. The number of amides is 1. The molecular weight excluding hydrogens is 408 g/mol. The largest absolute Gasteiger partial charge is 0.423 e. The van der Waals surface area contributed by atoms with Crippen LogP contribution in [0.5, 0.6) is 0 Å². The van der Waals surface area contributed by atoms with Gasteiger partial charge in [-0.1, -0.05) is 11.8 Å². The molecule has 1 amide bonds. The smallest absolute Gasteiger partial charge is 0.336 e. The summed E-state index contributed by atoms with van der Waals surface area (Å²) in [6.45, 7) is 5.48. The van der Waals surface area contributed by atoms with E-state index in [0.717, 1.165) is 26.7 Å². The van der Waals surface area contributed by atoms with Gasteiger partial charge in [-0.2, -0.15) is 0 Å². The molecule has 4 aromatic rings. The van der Waals surface area contributed by atoms with Gasteiger partial charge in [-0.05, 0) is 37.1 Å². The van der Waals surface area contributed by atoms with E-state index in [2.05, 4.69) is 15.3 Å². The Balaban J connectivity index is 1.67. The van der Waals surface area contributed by atoms with E-state index in [1.807, 2.05) is 19.9 Å². The molecule has 4 rings (SSSR count). The highest BCUT2D eigenvalue weighted by Gasteiger charge is 2.14. The number of nitrogens with zero attached hydrogens (tertiary/aromatic N) is 2. The van der Waals surface area contributed by atoms with Crippen LogP contribution in [0.2, 0.25) is 0 Å². The molecule has 0 unspecified atom stereocenters. The Labute approximate surface area is 174 Å². The molecular formula is C20H18N4O3S2. The second-order valence-corrected chi connectivity index (χ2v) is 8.77. The van der Waals surface area contributed by atoms with Crippen molar-refractivity contribution in [2.24, 2.45) is 0 Å². The minimum absolute atomic E-state index is 0.192. The summed E-state index contributed by atoms with van der Waals surface area (Å²) in [5.74, 6) is 0.759. The molecule has 0 aliphatic heterocycles. The van der Waals surface area contributed by atoms with Crippen molar-refractivity contribution in [3.63, 3.8) is 0 Å². The lowest BCUT2D eigenvalue weighted by Crippen LogP contribution is -2.06. The summed E-state index contributed by atoms with van der Waals surface area (Å²) in [5, 5.41) is 4.95. The van der Waals surface area contributed by atoms with Crippen LogP contribution in [0.4, 0.5) is 11.5 Å². The molecule has 3 N–H and O–H groups in total. The quantitative estimate of drug-likeness (QED) is 0.285. The average molecular weight is 427 g/mol. The number of thioether (sulfide) groups is 1. The molecule has 9 heteroatoms. The number of aromatic nitrogens is 2. The number of hydrogen-bond donors (Lipinski definition) is 2. The van der Waals surface area contributed by atoms with E-state index in [1.165, 1.54) is 29.6 Å². The van der Waals surface area contributed by atoms with Crippen molar-refractivity contribution in [1.82, 2.24) is 9.97 Å². The van der Waals surface area contributed by atoms with Crippen LogP contribution < -0.4 is 16.7 Å². The van der Waals surface area contributed by atoms with E-state index in [0.29, 0.717) is 28.0 Å². The number of benzene rings is 1. The summed E-state index contributed by atoms with van der Waals surface area (Å²) in [4.78, 5) is 34.4. The van der Waals surface area contributed by atoms with E-state index in [9.17, 15) is 9.59 Å². The molecule has 0 radical (unpaired) electrons. The lowest BCUT2D eigenvalue weighted by Gasteiger charge is -2.08. The first-order valence-corrected chi connectivity index (χ1v) is 10.6. The maximum atomic E-state index is 12.0. The van der Waals surface area contributed by atoms with Gasteiger partial charge in [0.2, 0.25) is 5.91 Å². The van der Waals surface area contributed by atoms with Crippen LogP contribution in [0.25, 0.3) is 21.2 Å². The first-order valence-electron chi connectivity index (χ1n) is 8.82. The lowest BCUT2D eigenvalue weighted by atomic mass is 10.1. The molecule has 3 heterocycles. The number of aryl methyl sites for hydroxylation is 2. The zero-order chi connectivity index (χ0) is 20.7. The lowest BCUT2D eigenvalue weighted by molar-refractivity contribution is -0.114. The van der Waals surface area contributed by atoms with E-state index in [-0.39, 0.29) is 5.91 Å². The van der Waals surface area contributed by atoms with Gasteiger partial charge < -0.3 is 15.5 Å². The van der Waals surface area contributed by atoms with Crippen molar-refractivity contribution in [3.05, 3.63) is 50.7 Å². The highest BCUT2D eigenvalue weighted by Crippen LogP contribution is 2.34. The number of carbonyl (C=O) groups excluding carboxylic acids is 1. The Morgan fingerprint density at radius 2 is 2.07 bits per heavy atom. The minimum atomic E-state index is -0.450. The van der Waals surface area contributed by atoms with Gasteiger partial charge in [0.25, 0.3) is 0 Å². The SMILES string of the molecule is CC(=O)Nc1ccc2c(CSc3nc(N)c4c(C)c(C)sc4n3)cc(=O)oc2c1. The molecule has 3 aromatic heterocycles. The molecule has 1 aromatic carbocycles. The number of rotatable bonds is 4. The Kier molecular flexibility index (Phi) is 5.01. The van der Waals surface area contributed by atoms with Gasteiger partial charge in [0.1, 0.15) is 16.2 Å². The van der Waals surface area contributed by atoms with Crippen molar-refractivity contribution < 1.29 is 9.21 Å². The molecule has 0 spiro atoms. The number of nitrogens with two attached hydrogens (primary N) is 1. The van der Waals surface area contributed by atoms with Crippen LogP contribution >= 0.6 is 23.1 Å². The standard InChI is InChI=1S/C20H18N4O3S2/c1-9-10(2)29-19-17(9)18(21)23-20(24-19)28-8-12-6-16(26)27-15-7-13(22-11(3)25)4-5-14(12)15/h4-7H,8H2,1-3H3,(H,22,25)(H2,21,23,24). The van der Waals surface area contributed by atoms with Crippen molar-refractivity contribution >= 4 is 61.7 Å². The van der Waals surface area contributed by atoms with E-state index >= 15 is 0 Å². The summed E-state index contributed by atoms with van der Waals surface area (Å²) in [6.07, 6.45) is 0. The molecule has 29 heavy (non-hydrogen) atoms. The summed E-state index contributed by atoms with van der Waals surface area (Å²) < 4.78 is 5.30. The number of thiophene rings is 1. The highest BCUT2D eigenvalue weighted by atomic mass is 32.2. The van der Waals surface area contributed by atoms with Gasteiger partial charge in [0.15, 0.2) is 5.16 Å². The third-order valence-corrected chi connectivity index (χ3v) is 6.54. The van der Waals surface area contributed by atoms with Crippen LogP contribution in [0, 0.1) is 13.8 Å². The van der Waals surface area contributed by atoms with Crippen LogP contribution in [0.3, 0.4) is 0 Å². The van der Waals surface area contributed by atoms with Crippen LogP contribution in [-0.4, -0.2) is 15.9 Å². The van der Waals surface area contributed by atoms with Gasteiger partial charge in [-0.15, -0.1) is 11.3 Å². The van der Waals surface area contributed by atoms with Gasteiger partial charge in [-0.25, -0.2) is 14.8 Å². The Morgan fingerprint density at radius 3 is 2.83 bits per heavy atom. The third kappa shape index (κ3) is 3.83. The zero-order valence-corrected chi connectivity index (χ0v) is 17.7. The zero-order valence-electron chi connectivity index (χ0n) is 16.0. The summed E-state index contributed by atoms with van der Waals surface area (Å²) in [7, 11) is 0. The van der Waals surface area contributed by atoms with Crippen molar-refractivity contribution in [2.75, 3.05) is 11.1 Å². The molecule has 0 saturated carbocycles. The molecule has 0 saturated heterocycles. The first-order chi connectivity index (χ1) is 13.8. The molecule has 0 bridgehead atoms. The topological polar surface area (TPSA) is 111 Å². The Bertz CT molecular complexity index is 1330. The van der Waals surface area contributed by atoms with Gasteiger partial charge in [0.05, 0.1) is 5.39 Å². The third-order valence-electron chi connectivity index (χ3n) is 4.54. The van der Waals surface area contributed by atoms with E-state index < -0.39 is 5.63 Å². The summed E-state index contributed by atoms with van der Waals surface area (Å²) >= 11 is 3.01. The minimum Gasteiger partial charge on any atom is -0.423 e. The van der Waals surface area contributed by atoms with Crippen LogP contribution in [0.1, 0.15) is 22.9 Å². The Morgan fingerprint density at radius 1 is 1.28 bits per heavy atom. The number of anilines is 2. The molecule has 0 fully saturated rings. The maximum absolute atomic E-state index is 12.0. The normalized spacial score (nSPS) is 11.3. The fourth-order valence-corrected chi connectivity index (χ4v) is 5.03. The number of fused-ring (bicyclic) bond motifs is 2. The summed E-state index contributed by atoms with van der Waals surface area (Å²) in [5.41, 5.74) is 8.61. The number of nitrogens with one attached hydrogen (secondary N) is 1. The van der Waals surface area contributed by atoms with E-state index in [1.54, 1.807) is 23.5 Å². The van der Waals surface area contributed by atoms with Gasteiger partial charge in [-0.3, -0.25) is 4.79 Å². The fraction of sp³-hybridized carbons (Fsp3) is 0.200. The molecule has 0 atom stereocenters. The first kappa shape index (κ1) is 19.4. The number of carbonyl (C=O) groups is 1. The predicted molar refractivity (Wildman–Crippen MR) is 118 cm³/mol. The molecule has 148 valence electrons. The number of nitrogen functional groups attached to an aromatic ring is 1. The summed E-state index contributed by atoms with van der Waals surface area (Å²) in [6, 6.07) is 6.71. The molecule has 0 aliphatic carbocycles. The highest BCUT2D eigenvalue weighted by molar-refractivity contribution is 7.98. The predicted octanol–water partition coefficient (Wildman–Crippen LogP) is 4.25. The van der Waals surface area contributed by atoms with Crippen molar-refractivity contribution in [2.45, 2.75) is 31.7 Å². The molecule has 0 aliphatic rings. The van der Waals surface area contributed by atoms with Crippen LogP contribution in [0.15, 0.2) is 38.6 Å². The second-order valence-electron chi connectivity index (χ2n) is 6.63. The second kappa shape index (κ2) is 7.49. The van der Waals surface area contributed by atoms with Gasteiger partial charge >= 0.3 is 5.63 Å².